The van der Waals surface area contributed by atoms with E-state index in [1.165, 1.54) is 43.9 Å². The van der Waals surface area contributed by atoms with Gasteiger partial charge in [-0.3, -0.25) is 15.0 Å². The van der Waals surface area contributed by atoms with Gasteiger partial charge in [0.1, 0.15) is 0 Å². The van der Waals surface area contributed by atoms with Gasteiger partial charge >= 0.3 is 0 Å². The minimum atomic E-state index is 0.877. The Balaban J connectivity index is 1.03. The highest BCUT2D eigenvalue weighted by Gasteiger charge is 2.18. The highest BCUT2D eigenvalue weighted by Crippen LogP contribution is 2.37. The minimum absolute atomic E-state index is 0.877. The number of pyridine rings is 2. The second kappa shape index (κ2) is 10.5. The van der Waals surface area contributed by atoms with Gasteiger partial charge in [-0.25, -0.2) is 0 Å². The van der Waals surface area contributed by atoms with E-state index in [0.717, 1.165) is 64.8 Å². The maximum Gasteiger partial charge on any atom is 0.0844 e. The third-order valence-corrected chi connectivity index (χ3v) is 9.36. The molecule has 7 aromatic rings. The van der Waals surface area contributed by atoms with Crippen molar-refractivity contribution >= 4 is 49.9 Å². The van der Waals surface area contributed by atoms with Crippen molar-refractivity contribution in [2.75, 3.05) is 0 Å². The van der Waals surface area contributed by atoms with Crippen LogP contribution in [0.4, 0.5) is 0 Å². The van der Waals surface area contributed by atoms with Crippen LogP contribution in [0.25, 0.3) is 61.0 Å². The van der Waals surface area contributed by atoms with Crippen LogP contribution >= 0.6 is 0 Å². The maximum atomic E-state index is 4.95. The molecular formula is C41H30N4. The van der Waals surface area contributed by atoms with Crippen molar-refractivity contribution in [1.82, 2.24) is 14.5 Å². The lowest BCUT2D eigenvalue weighted by Gasteiger charge is -2.20. The second-order valence-electron chi connectivity index (χ2n) is 11.9. The Bertz CT molecular complexity index is 2320. The van der Waals surface area contributed by atoms with E-state index < -0.39 is 0 Å². The Morgan fingerprint density at radius 2 is 1.51 bits per heavy atom. The second-order valence-corrected chi connectivity index (χ2v) is 11.9. The van der Waals surface area contributed by atoms with Gasteiger partial charge in [-0.05, 0) is 94.6 Å². The van der Waals surface area contributed by atoms with E-state index in [-0.39, 0.29) is 0 Å². The molecule has 0 amide bonds. The molecule has 1 aliphatic heterocycles. The summed E-state index contributed by atoms with van der Waals surface area (Å²) in [4.78, 5) is 14.2. The number of para-hydroxylation sites is 1. The molecule has 0 unspecified atom stereocenters. The number of allylic oxidation sites excluding steroid dienone is 2. The lowest BCUT2D eigenvalue weighted by atomic mass is 9.85. The number of hydrogen-bond acceptors (Lipinski definition) is 3. The molecule has 0 radical (unpaired) electrons. The molecule has 9 rings (SSSR count). The highest BCUT2D eigenvalue weighted by molar-refractivity contribution is 6.09. The van der Waals surface area contributed by atoms with E-state index in [2.05, 4.69) is 125 Å². The number of aryl methyl sites for hydroxylation is 1. The number of aliphatic imine (C=N–C) groups is 1. The molecule has 4 heteroatoms. The molecule has 4 aromatic carbocycles. The molecule has 4 nitrogen and oxygen atoms in total. The fourth-order valence-corrected chi connectivity index (χ4v) is 7.16. The summed E-state index contributed by atoms with van der Waals surface area (Å²) in [6.07, 6.45) is 16.5. The number of nitrogens with zero attached hydrogens (tertiary/aromatic N) is 4. The van der Waals surface area contributed by atoms with Gasteiger partial charge in [-0.2, -0.15) is 0 Å². The van der Waals surface area contributed by atoms with Crippen molar-refractivity contribution in [1.29, 1.82) is 0 Å². The van der Waals surface area contributed by atoms with Crippen LogP contribution in [0.2, 0.25) is 0 Å². The van der Waals surface area contributed by atoms with Crippen LogP contribution in [0, 0.1) is 0 Å². The molecule has 45 heavy (non-hydrogen) atoms. The van der Waals surface area contributed by atoms with Gasteiger partial charge in [-0.1, -0.05) is 78.9 Å². The van der Waals surface area contributed by atoms with Crippen molar-refractivity contribution in [2.45, 2.75) is 25.7 Å². The Hall–Kier alpha value is -5.61. The molecule has 3 aromatic heterocycles. The van der Waals surface area contributed by atoms with Crippen molar-refractivity contribution in [3.8, 4) is 16.8 Å². The van der Waals surface area contributed by atoms with Gasteiger partial charge in [0.15, 0.2) is 0 Å². The molecule has 0 spiro atoms. The molecule has 4 heterocycles. The maximum absolute atomic E-state index is 4.95. The van der Waals surface area contributed by atoms with Crippen molar-refractivity contribution < 1.29 is 0 Å². The predicted molar refractivity (Wildman–Crippen MR) is 187 cm³/mol. The molecule has 2 aliphatic rings. The summed E-state index contributed by atoms with van der Waals surface area (Å²) in [5.41, 5.74) is 13.1. The predicted octanol–water partition coefficient (Wildman–Crippen LogP) is 9.98. The molecule has 1 aliphatic carbocycles. The first-order valence-electron chi connectivity index (χ1n) is 15.7. The summed E-state index contributed by atoms with van der Waals surface area (Å²) < 4.78 is 2.32. The fraction of sp³-hybridized carbons (Fsp3) is 0.0976. The molecule has 0 saturated carbocycles. The van der Waals surface area contributed by atoms with E-state index in [0.29, 0.717) is 0 Å². The number of aromatic nitrogens is 3. The summed E-state index contributed by atoms with van der Waals surface area (Å²) in [5.74, 6) is 0. The summed E-state index contributed by atoms with van der Waals surface area (Å²) in [5, 5.41) is 5.02. The van der Waals surface area contributed by atoms with Gasteiger partial charge < -0.3 is 4.57 Å². The smallest absolute Gasteiger partial charge is 0.0844 e. The number of hydrogen-bond donors (Lipinski definition) is 0. The number of fused-ring (bicyclic) bond motifs is 6. The Morgan fingerprint density at radius 1 is 0.644 bits per heavy atom. The zero-order chi connectivity index (χ0) is 29.7. The van der Waals surface area contributed by atoms with Crippen molar-refractivity contribution in [2.24, 2.45) is 4.99 Å². The van der Waals surface area contributed by atoms with Gasteiger partial charge in [0.05, 0.1) is 22.4 Å². The lowest BCUT2D eigenvalue weighted by Crippen LogP contribution is -2.08. The quantitative estimate of drug-likeness (QED) is 0.209. The van der Waals surface area contributed by atoms with Crippen LogP contribution in [0.1, 0.15) is 41.6 Å². The summed E-state index contributed by atoms with van der Waals surface area (Å²) in [6, 6.07) is 34.8. The Kier molecular flexibility index (Phi) is 6.05. The molecular weight excluding hydrogens is 548 g/mol. The van der Waals surface area contributed by atoms with E-state index >= 15 is 0 Å². The minimum Gasteiger partial charge on any atom is -0.309 e. The Morgan fingerprint density at radius 3 is 2.38 bits per heavy atom. The lowest BCUT2D eigenvalue weighted by molar-refractivity contribution is 0.987. The van der Waals surface area contributed by atoms with Crippen LogP contribution in [0.3, 0.4) is 0 Å². The van der Waals surface area contributed by atoms with Crippen LogP contribution in [-0.4, -0.2) is 20.2 Å². The normalized spacial score (nSPS) is 14.5. The van der Waals surface area contributed by atoms with Gasteiger partial charge in [-0.15, -0.1) is 0 Å². The van der Waals surface area contributed by atoms with Crippen LogP contribution in [0.15, 0.2) is 133 Å². The Labute approximate surface area is 261 Å². The first-order chi connectivity index (χ1) is 22.3. The largest absolute Gasteiger partial charge is 0.309 e. The van der Waals surface area contributed by atoms with Gasteiger partial charge in [0, 0.05) is 46.8 Å². The monoisotopic (exact) mass is 578 g/mol. The van der Waals surface area contributed by atoms with E-state index in [4.69, 9.17) is 9.98 Å². The van der Waals surface area contributed by atoms with Gasteiger partial charge in [0.25, 0.3) is 0 Å². The van der Waals surface area contributed by atoms with Crippen LogP contribution in [0.5, 0.6) is 0 Å². The summed E-state index contributed by atoms with van der Waals surface area (Å²) in [7, 11) is 0. The summed E-state index contributed by atoms with van der Waals surface area (Å²) >= 11 is 0. The molecule has 0 atom stereocenters. The molecule has 0 bridgehead atoms. The standard InChI is InChI=1S/C41H30N4/c1-2-11-32-28(8-1)23-36(34-13-4-3-12-33(32)34)30-17-19-39(44-25-30)38-18-16-29(24-43-38)27-9-7-10-31(22-27)45-40-15-6-5-14-35(40)37-26-42-21-20-41(37)45/h2-7,9-16,18,20-26H,1,8,17,19H2. The third kappa shape index (κ3) is 4.33. The number of benzene rings is 4. The average molecular weight is 579 g/mol. The molecule has 0 fully saturated rings. The SMILES string of the molecule is C1=Cc2c(cc(C3=CN=C(c4ccc(-c5cccc(-n6c7ccccc7c7cnccc76)c5)cn4)CC3)c3ccccc23)CC1. The topological polar surface area (TPSA) is 43.1 Å². The zero-order valence-electron chi connectivity index (χ0n) is 24.8. The van der Waals surface area contributed by atoms with E-state index in [1.807, 2.05) is 18.6 Å². The van der Waals surface area contributed by atoms with Crippen LogP contribution in [-0.2, 0) is 6.42 Å². The third-order valence-electron chi connectivity index (χ3n) is 9.36. The zero-order valence-corrected chi connectivity index (χ0v) is 24.8. The van der Waals surface area contributed by atoms with Crippen molar-refractivity contribution in [3.63, 3.8) is 0 Å². The highest BCUT2D eigenvalue weighted by atomic mass is 15.0. The first-order valence-corrected chi connectivity index (χ1v) is 15.7. The molecule has 0 saturated heterocycles. The molecule has 214 valence electrons. The fourth-order valence-electron chi connectivity index (χ4n) is 7.16. The average Bonchev–Trinajstić information content (AvgIpc) is 3.46. The molecule has 0 N–H and O–H groups in total. The van der Waals surface area contributed by atoms with E-state index in [1.54, 1.807) is 0 Å². The van der Waals surface area contributed by atoms with E-state index in [9.17, 15) is 0 Å². The first kappa shape index (κ1) is 25.8. The van der Waals surface area contributed by atoms with Crippen LogP contribution < -0.4 is 0 Å². The summed E-state index contributed by atoms with van der Waals surface area (Å²) in [6.45, 7) is 0. The van der Waals surface area contributed by atoms with Gasteiger partial charge in [0.2, 0.25) is 0 Å². The van der Waals surface area contributed by atoms with Crippen molar-refractivity contribution in [3.05, 3.63) is 150 Å². The number of rotatable bonds is 4.